The number of nitrogens with one attached hydrogen (secondary N) is 4. The molecule has 0 aliphatic rings. The molecule has 0 aliphatic carbocycles. The van der Waals surface area contributed by atoms with E-state index in [1.165, 1.54) is 0 Å². The predicted molar refractivity (Wildman–Crippen MR) is 123 cm³/mol. The number of anilines is 2. The SMILES string of the molecule is CCCc1n[nH]c(=S)n1CC(=O)NC(C)c1ccc(NC(=O)Nc2ccccc2)cc1. The standard InChI is InChI=1S/C22H26N6O2S/c1-3-7-19-26-27-22(31)28(19)14-20(29)23-15(2)16-10-12-18(13-11-16)25-21(30)24-17-8-5-4-6-9-17/h4-6,8-13,15H,3,7,14H2,1-2H3,(H,23,29)(H,27,31)(H2,24,25,30). The monoisotopic (exact) mass is 438 g/mol. The van der Waals surface area contributed by atoms with Crippen molar-refractivity contribution in [2.24, 2.45) is 0 Å². The number of para-hydroxylation sites is 1. The van der Waals surface area contributed by atoms with Crippen molar-refractivity contribution < 1.29 is 9.59 Å². The number of aromatic nitrogens is 3. The molecular formula is C22H26N6O2S. The zero-order valence-corrected chi connectivity index (χ0v) is 18.3. The Bertz CT molecular complexity index is 1080. The third-order valence-corrected chi connectivity index (χ3v) is 5.00. The second-order valence-corrected chi connectivity index (χ2v) is 7.52. The summed E-state index contributed by atoms with van der Waals surface area (Å²) in [5.74, 6) is 0.631. The van der Waals surface area contributed by atoms with Crippen molar-refractivity contribution in [3.05, 3.63) is 70.8 Å². The average Bonchev–Trinajstić information content (AvgIpc) is 3.08. The second kappa shape index (κ2) is 10.5. The van der Waals surface area contributed by atoms with Crippen molar-refractivity contribution in [2.45, 2.75) is 39.3 Å². The molecule has 2 aromatic carbocycles. The molecule has 0 fully saturated rings. The van der Waals surface area contributed by atoms with Gasteiger partial charge in [-0.05, 0) is 55.4 Å². The molecule has 31 heavy (non-hydrogen) atoms. The first-order valence-electron chi connectivity index (χ1n) is 10.1. The highest BCUT2D eigenvalue weighted by Crippen LogP contribution is 2.17. The van der Waals surface area contributed by atoms with Gasteiger partial charge in [0.1, 0.15) is 12.4 Å². The summed E-state index contributed by atoms with van der Waals surface area (Å²) in [4.78, 5) is 24.6. The molecule has 4 N–H and O–H groups in total. The molecule has 1 unspecified atom stereocenters. The van der Waals surface area contributed by atoms with Crippen LogP contribution in [0.3, 0.4) is 0 Å². The van der Waals surface area contributed by atoms with Crippen LogP contribution < -0.4 is 16.0 Å². The van der Waals surface area contributed by atoms with Gasteiger partial charge in [-0.2, -0.15) is 5.10 Å². The lowest BCUT2D eigenvalue weighted by Crippen LogP contribution is -2.30. The molecule has 1 atom stereocenters. The van der Waals surface area contributed by atoms with E-state index in [0.29, 0.717) is 16.1 Å². The van der Waals surface area contributed by atoms with E-state index >= 15 is 0 Å². The van der Waals surface area contributed by atoms with Crippen LogP contribution in [-0.4, -0.2) is 26.7 Å². The molecule has 9 heteroatoms. The Kier molecular flexibility index (Phi) is 7.55. The number of carbonyl (C=O) groups excluding carboxylic acids is 2. The number of aromatic amines is 1. The number of rotatable bonds is 8. The average molecular weight is 439 g/mol. The minimum Gasteiger partial charge on any atom is -0.348 e. The number of nitrogens with zero attached hydrogens (tertiary/aromatic N) is 2. The number of hydrogen-bond donors (Lipinski definition) is 4. The van der Waals surface area contributed by atoms with E-state index in [0.717, 1.165) is 24.2 Å². The zero-order chi connectivity index (χ0) is 22.2. The molecule has 3 aromatic rings. The summed E-state index contributed by atoms with van der Waals surface area (Å²) in [6.45, 7) is 4.08. The second-order valence-electron chi connectivity index (χ2n) is 7.14. The highest BCUT2D eigenvalue weighted by Gasteiger charge is 2.13. The summed E-state index contributed by atoms with van der Waals surface area (Å²) in [6, 6.07) is 16.0. The van der Waals surface area contributed by atoms with Gasteiger partial charge >= 0.3 is 6.03 Å². The van der Waals surface area contributed by atoms with Gasteiger partial charge in [-0.15, -0.1) is 0 Å². The van der Waals surface area contributed by atoms with Gasteiger partial charge in [-0.3, -0.25) is 14.5 Å². The van der Waals surface area contributed by atoms with Crippen LogP contribution in [0.5, 0.6) is 0 Å². The summed E-state index contributed by atoms with van der Waals surface area (Å²) >= 11 is 5.23. The normalized spacial score (nSPS) is 11.5. The van der Waals surface area contributed by atoms with Crippen LogP contribution in [0.25, 0.3) is 0 Å². The highest BCUT2D eigenvalue weighted by atomic mass is 32.1. The van der Waals surface area contributed by atoms with Gasteiger partial charge < -0.3 is 16.0 Å². The van der Waals surface area contributed by atoms with Crippen molar-refractivity contribution in [2.75, 3.05) is 10.6 Å². The molecule has 1 aromatic heterocycles. The Balaban J connectivity index is 1.54. The lowest BCUT2D eigenvalue weighted by Gasteiger charge is -2.16. The largest absolute Gasteiger partial charge is 0.348 e. The van der Waals surface area contributed by atoms with E-state index in [2.05, 4.69) is 26.1 Å². The number of carbonyl (C=O) groups is 2. The van der Waals surface area contributed by atoms with Crippen LogP contribution >= 0.6 is 12.2 Å². The Morgan fingerprint density at radius 1 is 1.06 bits per heavy atom. The third kappa shape index (κ3) is 6.26. The van der Waals surface area contributed by atoms with E-state index in [4.69, 9.17) is 12.2 Å². The third-order valence-electron chi connectivity index (χ3n) is 4.69. The van der Waals surface area contributed by atoms with E-state index < -0.39 is 0 Å². The molecule has 0 saturated carbocycles. The first-order chi connectivity index (χ1) is 15.0. The molecule has 162 valence electrons. The molecular weight excluding hydrogens is 412 g/mol. The van der Waals surface area contributed by atoms with Crippen LogP contribution in [-0.2, 0) is 17.8 Å². The summed E-state index contributed by atoms with van der Waals surface area (Å²) in [5, 5.41) is 15.5. The number of H-pyrrole nitrogens is 1. The highest BCUT2D eigenvalue weighted by molar-refractivity contribution is 7.71. The minimum atomic E-state index is -0.319. The summed E-state index contributed by atoms with van der Waals surface area (Å²) in [5.41, 5.74) is 2.30. The quantitative estimate of drug-likeness (QED) is 0.391. The van der Waals surface area contributed by atoms with Crippen molar-refractivity contribution >= 4 is 35.5 Å². The van der Waals surface area contributed by atoms with Crippen molar-refractivity contribution in [1.29, 1.82) is 0 Å². The molecule has 1 heterocycles. The van der Waals surface area contributed by atoms with Crippen LogP contribution in [0, 0.1) is 4.77 Å². The summed E-state index contributed by atoms with van der Waals surface area (Å²) in [6.07, 6.45) is 1.67. The Morgan fingerprint density at radius 3 is 2.35 bits per heavy atom. The van der Waals surface area contributed by atoms with Gasteiger partial charge in [0.2, 0.25) is 5.91 Å². The van der Waals surface area contributed by atoms with E-state index in [-0.39, 0.29) is 24.5 Å². The minimum absolute atomic E-state index is 0.119. The van der Waals surface area contributed by atoms with Gasteiger partial charge in [0, 0.05) is 17.8 Å². The van der Waals surface area contributed by atoms with Gasteiger partial charge in [0.05, 0.1) is 6.04 Å². The maximum Gasteiger partial charge on any atom is 0.323 e. The number of urea groups is 1. The Labute approximate surface area is 186 Å². The first-order valence-corrected chi connectivity index (χ1v) is 10.5. The molecule has 0 spiro atoms. The van der Waals surface area contributed by atoms with E-state index in [1.807, 2.05) is 56.3 Å². The molecule has 0 radical (unpaired) electrons. The molecule has 0 saturated heterocycles. The zero-order valence-electron chi connectivity index (χ0n) is 17.5. The van der Waals surface area contributed by atoms with Crippen LogP contribution in [0.1, 0.15) is 37.7 Å². The number of hydrogen-bond acceptors (Lipinski definition) is 4. The Morgan fingerprint density at radius 2 is 1.71 bits per heavy atom. The fourth-order valence-electron chi connectivity index (χ4n) is 3.11. The maximum absolute atomic E-state index is 12.5. The molecule has 8 nitrogen and oxygen atoms in total. The van der Waals surface area contributed by atoms with E-state index in [1.54, 1.807) is 16.7 Å². The topological polar surface area (TPSA) is 104 Å². The van der Waals surface area contributed by atoms with Gasteiger partial charge in [-0.1, -0.05) is 37.3 Å². The van der Waals surface area contributed by atoms with E-state index in [9.17, 15) is 9.59 Å². The maximum atomic E-state index is 12.5. The lowest BCUT2D eigenvalue weighted by atomic mass is 10.1. The summed E-state index contributed by atoms with van der Waals surface area (Å²) in [7, 11) is 0. The van der Waals surface area contributed by atoms with Gasteiger partial charge in [0.25, 0.3) is 0 Å². The molecule has 0 bridgehead atoms. The Hall–Kier alpha value is -3.46. The first kappa shape index (κ1) is 22.2. The number of amides is 3. The smallest absolute Gasteiger partial charge is 0.323 e. The van der Waals surface area contributed by atoms with Gasteiger partial charge in [0.15, 0.2) is 4.77 Å². The number of aryl methyl sites for hydroxylation is 1. The molecule has 3 rings (SSSR count). The fraction of sp³-hybridized carbons (Fsp3) is 0.273. The van der Waals surface area contributed by atoms with Crippen LogP contribution in [0.15, 0.2) is 54.6 Å². The van der Waals surface area contributed by atoms with Gasteiger partial charge in [-0.25, -0.2) is 4.79 Å². The fourth-order valence-corrected chi connectivity index (χ4v) is 3.33. The molecule has 3 amide bonds. The molecule has 0 aliphatic heterocycles. The summed E-state index contributed by atoms with van der Waals surface area (Å²) < 4.78 is 2.16. The number of benzene rings is 2. The lowest BCUT2D eigenvalue weighted by molar-refractivity contribution is -0.122. The van der Waals surface area contributed by atoms with Crippen molar-refractivity contribution in [1.82, 2.24) is 20.1 Å². The van der Waals surface area contributed by atoms with Crippen molar-refractivity contribution in [3.63, 3.8) is 0 Å². The van der Waals surface area contributed by atoms with Crippen LogP contribution in [0.4, 0.5) is 16.2 Å². The van der Waals surface area contributed by atoms with Crippen LogP contribution in [0.2, 0.25) is 0 Å². The predicted octanol–water partition coefficient (Wildman–Crippen LogP) is 4.41. The van der Waals surface area contributed by atoms with Crippen molar-refractivity contribution in [3.8, 4) is 0 Å².